The number of halogens is 3. The molecule has 0 atom stereocenters. The number of nitrogens with zero attached hydrogens (tertiary/aromatic N) is 3. The third kappa shape index (κ3) is 8.26. The van der Waals surface area contributed by atoms with Gasteiger partial charge in [-0.2, -0.15) is 13.2 Å². The van der Waals surface area contributed by atoms with Gasteiger partial charge in [-0.25, -0.2) is 19.6 Å². The number of hydrogen-bond donors (Lipinski definition) is 1. The Bertz CT molecular complexity index is 1350. The number of carbonyl (C=O) groups excluding carboxylic acids is 3. The van der Waals surface area contributed by atoms with E-state index in [1.165, 1.54) is 6.20 Å². The highest BCUT2D eigenvalue weighted by atomic mass is 19.4. The molecule has 0 bridgehead atoms. The first kappa shape index (κ1) is 30.1. The van der Waals surface area contributed by atoms with E-state index in [2.05, 4.69) is 15.3 Å². The smallest absolute Gasteiger partial charge is 0.427 e. The van der Waals surface area contributed by atoms with Crippen LogP contribution in [0.2, 0.25) is 0 Å². The molecule has 1 N–H and O–H groups in total. The second kappa shape index (κ2) is 11.3. The van der Waals surface area contributed by atoms with E-state index < -0.39 is 41.0 Å². The van der Waals surface area contributed by atoms with Gasteiger partial charge in [-0.15, -0.1) is 4.90 Å². The fourth-order valence-electron chi connectivity index (χ4n) is 3.21. The maximum atomic E-state index is 12.9. The van der Waals surface area contributed by atoms with Gasteiger partial charge in [0.2, 0.25) is 5.95 Å². The Balaban J connectivity index is 1.82. The van der Waals surface area contributed by atoms with Crippen LogP contribution in [0.5, 0.6) is 0 Å². The van der Waals surface area contributed by atoms with Gasteiger partial charge in [0.25, 0.3) is 5.91 Å². The van der Waals surface area contributed by atoms with Gasteiger partial charge in [0.1, 0.15) is 11.2 Å². The SMILES string of the molecule is CC(C)(C)OC(=O)N(C(=O)OC(C)(C)C)c1nccc(-c2ccc(NC(=O)c3ccc(C(F)(F)F)cc3)cc2)n1. The molecule has 3 rings (SSSR count). The molecule has 3 aromatic rings. The zero-order valence-corrected chi connectivity index (χ0v) is 22.8. The normalized spacial score (nSPS) is 11.9. The van der Waals surface area contributed by atoms with E-state index >= 15 is 0 Å². The predicted molar refractivity (Wildman–Crippen MR) is 142 cm³/mol. The molecule has 0 unspecified atom stereocenters. The minimum Gasteiger partial charge on any atom is -0.443 e. The molecule has 0 aliphatic carbocycles. The van der Waals surface area contributed by atoms with Crippen molar-refractivity contribution < 1.29 is 37.0 Å². The van der Waals surface area contributed by atoms with Gasteiger partial charge in [0.05, 0.1) is 11.3 Å². The molecule has 12 heteroatoms. The molecule has 0 saturated heterocycles. The van der Waals surface area contributed by atoms with Crippen LogP contribution in [0, 0.1) is 0 Å². The van der Waals surface area contributed by atoms with Gasteiger partial charge in [-0.1, -0.05) is 12.1 Å². The number of amides is 3. The summed E-state index contributed by atoms with van der Waals surface area (Å²) in [7, 11) is 0. The highest BCUT2D eigenvalue weighted by Crippen LogP contribution is 2.29. The average Bonchev–Trinajstić information content (AvgIpc) is 2.82. The van der Waals surface area contributed by atoms with Gasteiger partial charge >= 0.3 is 18.4 Å². The Hall–Kier alpha value is -4.48. The Kier molecular flexibility index (Phi) is 8.51. The van der Waals surface area contributed by atoms with E-state index in [1.807, 2.05) is 0 Å². The minimum absolute atomic E-state index is 0.0573. The molecule has 0 fully saturated rings. The first-order valence-corrected chi connectivity index (χ1v) is 12.1. The van der Waals surface area contributed by atoms with Crippen molar-refractivity contribution in [3.63, 3.8) is 0 Å². The van der Waals surface area contributed by atoms with Crippen LogP contribution in [0.1, 0.15) is 57.5 Å². The monoisotopic (exact) mass is 558 g/mol. The van der Waals surface area contributed by atoms with E-state index in [0.29, 0.717) is 21.8 Å². The lowest BCUT2D eigenvalue weighted by Gasteiger charge is -2.27. The standard InChI is InChI=1S/C28H29F3N4O5/c1-26(2,3)39-24(37)35(25(38)40-27(4,5)6)23-32-16-15-21(34-23)17-9-13-20(14-10-17)33-22(36)18-7-11-19(12-8-18)28(29,30)31/h7-16H,1-6H3,(H,33,36). The molecule has 1 heterocycles. The van der Waals surface area contributed by atoms with Gasteiger partial charge in [-0.05, 0) is 84.0 Å². The Morgan fingerprint density at radius 2 is 1.30 bits per heavy atom. The molecular formula is C28H29F3N4O5. The molecule has 40 heavy (non-hydrogen) atoms. The fourth-order valence-corrected chi connectivity index (χ4v) is 3.21. The summed E-state index contributed by atoms with van der Waals surface area (Å²) in [5.41, 5.74) is -1.32. The number of benzene rings is 2. The van der Waals surface area contributed by atoms with Gasteiger partial charge in [-0.3, -0.25) is 4.79 Å². The quantitative estimate of drug-likeness (QED) is 0.364. The molecule has 3 amide bonds. The van der Waals surface area contributed by atoms with E-state index in [4.69, 9.17) is 9.47 Å². The lowest BCUT2D eigenvalue weighted by molar-refractivity contribution is -0.137. The number of hydrogen-bond acceptors (Lipinski definition) is 7. The zero-order chi connectivity index (χ0) is 29.9. The van der Waals surface area contributed by atoms with Crippen LogP contribution in [0.3, 0.4) is 0 Å². The number of rotatable bonds is 4. The molecule has 0 saturated carbocycles. The largest absolute Gasteiger partial charge is 0.443 e. The molecule has 212 valence electrons. The molecular weight excluding hydrogens is 529 g/mol. The van der Waals surface area contributed by atoms with Crippen molar-refractivity contribution in [2.75, 3.05) is 10.2 Å². The lowest BCUT2D eigenvalue weighted by atomic mass is 10.1. The van der Waals surface area contributed by atoms with E-state index in [1.54, 1.807) is 71.9 Å². The number of carbonyl (C=O) groups is 3. The van der Waals surface area contributed by atoms with Crippen molar-refractivity contribution in [2.24, 2.45) is 0 Å². The van der Waals surface area contributed by atoms with Crippen molar-refractivity contribution in [2.45, 2.75) is 58.9 Å². The summed E-state index contributed by atoms with van der Waals surface area (Å²) in [4.78, 5) is 47.3. The van der Waals surface area contributed by atoms with Crippen LogP contribution in [0.4, 0.5) is 34.4 Å². The lowest BCUT2D eigenvalue weighted by Crippen LogP contribution is -2.44. The van der Waals surface area contributed by atoms with Crippen LogP contribution >= 0.6 is 0 Å². The Morgan fingerprint density at radius 3 is 1.77 bits per heavy atom. The Morgan fingerprint density at radius 1 is 0.775 bits per heavy atom. The predicted octanol–water partition coefficient (Wildman–Crippen LogP) is 7.09. The number of anilines is 2. The zero-order valence-electron chi connectivity index (χ0n) is 22.8. The maximum absolute atomic E-state index is 12.9. The van der Waals surface area contributed by atoms with Crippen molar-refractivity contribution in [3.05, 3.63) is 71.9 Å². The molecule has 0 aliphatic rings. The van der Waals surface area contributed by atoms with Crippen molar-refractivity contribution in [1.82, 2.24) is 9.97 Å². The van der Waals surface area contributed by atoms with Crippen LogP contribution in [0.15, 0.2) is 60.8 Å². The van der Waals surface area contributed by atoms with Crippen molar-refractivity contribution in [1.29, 1.82) is 0 Å². The highest BCUT2D eigenvalue weighted by Gasteiger charge is 2.35. The van der Waals surface area contributed by atoms with Crippen LogP contribution in [-0.2, 0) is 15.7 Å². The fraction of sp³-hybridized carbons (Fsp3) is 0.321. The number of ether oxygens (including phenoxy) is 2. The summed E-state index contributed by atoms with van der Waals surface area (Å²) >= 11 is 0. The summed E-state index contributed by atoms with van der Waals surface area (Å²) < 4.78 is 49.0. The summed E-state index contributed by atoms with van der Waals surface area (Å²) in [5.74, 6) is -0.850. The number of imide groups is 1. The molecule has 2 aromatic carbocycles. The number of aromatic nitrogens is 2. The summed E-state index contributed by atoms with van der Waals surface area (Å²) in [6.45, 7) is 9.88. The van der Waals surface area contributed by atoms with E-state index in [0.717, 1.165) is 24.3 Å². The number of nitrogens with one attached hydrogen (secondary N) is 1. The minimum atomic E-state index is -4.50. The van der Waals surface area contributed by atoms with E-state index in [-0.39, 0.29) is 11.5 Å². The van der Waals surface area contributed by atoms with Gasteiger partial charge < -0.3 is 14.8 Å². The van der Waals surface area contributed by atoms with Gasteiger partial charge in [0.15, 0.2) is 0 Å². The van der Waals surface area contributed by atoms with E-state index in [9.17, 15) is 27.6 Å². The molecule has 0 spiro atoms. The first-order valence-electron chi connectivity index (χ1n) is 12.1. The molecule has 9 nitrogen and oxygen atoms in total. The average molecular weight is 559 g/mol. The third-order valence-electron chi connectivity index (χ3n) is 4.91. The van der Waals surface area contributed by atoms with Crippen LogP contribution < -0.4 is 10.2 Å². The second-order valence-electron chi connectivity index (χ2n) is 10.6. The molecule has 1 aromatic heterocycles. The Labute approximate surface area is 229 Å². The summed E-state index contributed by atoms with van der Waals surface area (Å²) in [5, 5.41) is 2.61. The van der Waals surface area contributed by atoms with Crippen molar-refractivity contribution >= 4 is 29.7 Å². The summed E-state index contributed by atoms with van der Waals surface area (Å²) in [6.07, 6.45) is -5.16. The van der Waals surface area contributed by atoms with Crippen LogP contribution in [-0.4, -0.2) is 39.3 Å². The maximum Gasteiger partial charge on any atom is 0.427 e. The highest BCUT2D eigenvalue weighted by molar-refractivity contribution is 6.08. The topological polar surface area (TPSA) is 111 Å². The first-order chi connectivity index (χ1) is 18.4. The summed E-state index contributed by atoms with van der Waals surface area (Å²) in [6, 6.07) is 11.8. The number of alkyl halides is 3. The van der Waals surface area contributed by atoms with Crippen molar-refractivity contribution in [3.8, 4) is 11.3 Å². The second-order valence-corrected chi connectivity index (χ2v) is 10.6. The molecule has 0 aliphatic heterocycles. The molecule has 0 radical (unpaired) electrons. The third-order valence-corrected chi connectivity index (χ3v) is 4.91. The van der Waals surface area contributed by atoms with Gasteiger partial charge in [0, 0.05) is 23.0 Å². The van der Waals surface area contributed by atoms with Crippen LogP contribution in [0.25, 0.3) is 11.3 Å².